The number of carbonyl (C=O) groups is 2. The Bertz CT molecular complexity index is 159. The van der Waals surface area contributed by atoms with E-state index in [1.807, 2.05) is 0 Å². The van der Waals surface area contributed by atoms with Gasteiger partial charge in [-0.2, -0.15) is 0 Å². The molecule has 1 unspecified atom stereocenters. The summed E-state index contributed by atoms with van der Waals surface area (Å²) in [6.45, 7) is 4.23. The van der Waals surface area contributed by atoms with Gasteiger partial charge in [0.15, 0.2) is 0 Å². The molecule has 0 fully saturated rings. The lowest BCUT2D eigenvalue weighted by Gasteiger charge is -2.15. The monoisotopic (exact) mass is 187 g/mol. The van der Waals surface area contributed by atoms with Crippen molar-refractivity contribution in [3.05, 3.63) is 0 Å². The van der Waals surface area contributed by atoms with Crippen LogP contribution >= 0.6 is 0 Å². The smallest absolute Gasteiger partial charge is 0.233 e. The fourth-order valence-electron chi connectivity index (χ4n) is 1.03. The Kier molecular flexibility index (Phi) is 6.14. The summed E-state index contributed by atoms with van der Waals surface area (Å²) in [5.41, 5.74) is 0. The molecule has 0 aliphatic carbocycles. The molecule has 1 amide bonds. The zero-order valence-corrected chi connectivity index (χ0v) is 8.14. The number of aldehydes is 1. The predicted molar refractivity (Wildman–Crippen MR) is 48.2 cm³/mol. The molecular formula is C9H17NO3. The van der Waals surface area contributed by atoms with Gasteiger partial charge in [0.25, 0.3) is 0 Å². The molecule has 1 atom stereocenters. The van der Waals surface area contributed by atoms with Crippen molar-refractivity contribution in [3.8, 4) is 0 Å². The molecule has 0 saturated heterocycles. The van der Waals surface area contributed by atoms with Crippen LogP contribution in [0.5, 0.6) is 0 Å². The number of hydrogen-bond acceptors (Lipinski definition) is 3. The maximum Gasteiger partial charge on any atom is 0.233 e. The summed E-state index contributed by atoms with van der Waals surface area (Å²) in [5.74, 6) is 0.281. The molecule has 0 heterocycles. The van der Waals surface area contributed by atoms with Crippen molar-refractivity contribution in [2.75, 3.05) is 6.54 Å². The van der Waals surface area contributed by atoms with E-state index in [-0.39, 0.29) is 12.5 Å². The molecule has 76 valence electrons. The maximum absolute atomic E-state index is 10.5. The van der Waals surface area contributed by atoms with E-state index in [1.165, 1.54) is 0 Å². The minimum atomic E-state index is -0.252. The number of carbonyl (C=O) groups excluding carboxylic acids is 2. The second-order valence-electron chi connectivity index (χ2n) is 3.59. The third kappa shape index (κ3) is 6.28. The summed E-state index contributed by atoms with van der Waals surface area (Å²) in [6.07, 6.45) is 2.74. The molecule has 0 bridgehead atoms. The van der Waals surface area contributed by atoms with Gasteiger partial charge in [0.05, 0.1) is 6.54 Å². The largest absolute Gasteiger partial charge is 0.303 e. The van der Waals surface area contributed by atoms with Crippen molar-refractivity contribution in [2.45, 2.75) is 26.7 Å². The predicted octanol–water partition coefficient (Wildman–Crippen LogP) is 1.09. The molecule has 0 aromatic rings. The summed E-state index contributed by atoms with van der Waals surface area (Å²) >= 11 is 0. The lowest BCUT2D eigenvalue weighted by atomic mass is 9.99. The summed E-state index contributed by atoms with van der Waals surface area (Å²) < 4.78 is 0. The third-order valence-corrected chi connectivity index (χ3v) is 1.85. The highest BCUT2D eigenvalue weighted by atomic mass is 16.5. The Morgan fingerprint density at radius 3 is 2.31 bits per heavy atom. The van der Waals surface area contributed by atoms with Crippen molar-refractivity contribution in [1.82, 2.24) is 5.06 Å². The molecule has 0 aliphatic rings. The summed E-state index contributed by atoms with van der Waals surface area (Å²) in [7, 11) is 0. The van der Waals surface area contributed by atoms with Crippen molar-refractivity contribution >= 4 is 12.7 Å². The van der Waals surface area contributed by atoms with Crippen LogP contribution < -0.4 is 0 Å². The molecule has 0 aromatic heterocycles. The van der Waals surface area contributed by atoms with E-state index < -0.39 is 0 Å². The topological polar surface area (TPSA) is 57.6 Å². The zero-order valence-electron chi connectivity index (χ0n) is 8.14. The Labute approximate surface area is 78.5 Å². The van der Waals surface area contributed by atoms with E-state index in [1.54, 1.807) is 0 Å². The first-order chi connectivity index (χ1) is 6.10. The molecule has 13 heavy (non-hydrogen) atoms. The van der Waals surface area contributed by atoms with Gasteiger partial charge in [0.1, 0.15) is 6.29 Å². The standard InChI is InChI=1S/C9H17NO3/c1-8(2)3-4-9(6-11)5-10(13)7-12/h6-9,13H,3-5H2,1-2H3. The first kappa shape index (κ1) is 12.1. The normalized spacial score (nSPS) is 12.6. The Balaban J connectivity index is 3.75. The molecule has 4 nitrogen and oxygen atoms in total. The quantitative estimate of drug-likeness (QED) is 0.368. The second-order valence-corrected chi connectivity index (χ2v) is 3.59. The van der Waals surface area contributed by atoms with Crippen molar-refractivity contribution in [1.29, 1.82) is 0 Å². The second kappa shape index (κ2) is 6.60. The third-order valence-electron chi connectivity index (χ3n) is 1.85. The Hall–Kier alpha value is -0.900. The minimum absolute atomic E-state index is 0.0969. The maximum atomic E-state index is 10.5. The molecule has 4 heteroatoms. The fraction of sp³-hybridized carbons (Fsp3) is 0.778. The van der Waals surface area contributed by atoms with E-state index in [0.29, 0.717) is 23.8 Å². The Morgan fingerprint density at radius 1 is 1.31 bits per heavy atom. The van der Waals surface area contributed by atoms with Gasteiger partial charge in [-0.05, 0) is 12.3 Å². The minimum Gasteiger partial charge on any atom is -0.303 e. The molecule has 0 radical (unpaired) electrons. The van der Waals surface area contributed by atoms with E-state index in [0.717, 1.165) is 12.7 Å². The van der Waals surface area contributed by atoms with Crippen LogP contribution in [0.25, 0.3) is 0 Å². The van der Waals surface area contributed by atoms with E-state index >= 15 is 0 Å². The average molecular weight is 187 g/mol. The summed E-state index contributed by atoms with van der Waals surface area (Å²) in [5, 5.41) is 9.34. The van der Waals surface area contributed by atoms with Gasteiger partial charge in [0.2, 0.25) is 6.41 Å². The number of amides is 1. The van der Waals surface area contributed by atoms with E-state index in [9.17, 15) is 9.59 Å². The average Bonchev–Trinajstić information content (AvgIpc) is 2.11. The van der Waals surface area contributed by atoms with E-state index in [2.05, 4.69) is 13.8 Å². The highest BCUT2D eigenvalue weighted by Gasteiger charge is 2.11. The molecule has 1 N–H and O–H groups in total. The molecule has 0 saturated carbocycles. The number of nitrogens with zero attached hydrogens (tertiary/aromatic N) is 1. The zero-order chi connectivity index (χ0) is 10.3. The highest BCUT2D eigenvalue weighted by molar-refractivity contribution is 5.55. The van der Waals surface area contributed by atoms with Crippen LogP contribution in [-0.2, 0) is 9.59 Å². The molecule has 0 spiro atoms. The van der Waals surface area contributed by atoms with Crippen LogP contribution in [-0.4, -0.2) is 29.5 Å². The van der Waals surface area contributed by atoms with Crippen LogP contribution in [0.2, 0.25) is 0 Å². The number of rotatable bonds is 7. The van der Waals surface area contributed by atoms with Gasteiger partial charge < -0.3 is 4.79 Å². The summed E-state index contributed by atoms with van der Waals surface area (Å²) in [6, 6.07) is 0. The first-order valence-electron chi connectivity index (χ1n) is 4.46. The van der Waals surface area contributed by atoms with Crippen LogP contribution in [0.4, 0.5) is 0 Å². The lowest BCUT2D eigenvalue weighted by molar-refractivity contribution is -0.153. The van der Waals surface area contributed by atoms with Crippen molar-refractivity contribution in [3.63, 3.8) is 0 Å². The van der Waals surface area contributed by atoms with Crippen molar-refractivity contribution in [2.24, 2.45) is 11.8 Å². The van der Waals surface area contributed by atoms with Gasteiger partial charge in [-0.1, -0.05) is 20.3 Å². The first-order valence-corrected chi connectivity index (χ1v) is 4.46. The molecule has 0 aliphatic heterocycles. The van der Waals surface area contributed by atoms with Crippen LogP contribution in [0.15, 0.2) is 0 Å². The molecule has 0 aromatic carbocycles. The molecular weight excluding hydrogens is 170 g/mol. The number of hydrogen-bond donors (Lipinski definition) is 1. The highest BCUT2D eigenvalue weighted by Crippen LogP contribution is 2.10. The van der Waals surface area contributed by atoms with Crippen molar-refractivity contribution < 1.29 is 14.8 Å². The Morgan fingerprint density at radius 2 is 1.92 bits per heavy atom. The lowest BCUT2D eigenvalue weighted by Crippen LogP contribution is -2.26. The van der Waals surface area contributed by atoms with Gasteiger partial charge in [0, 0.05) is 5.92 Å². The van der Waals surface area contributed by atoms with Crippen LogP contribution in [0.3, 0.4) is 0 Å². The SMILES string of the molecule is CC(C)CCC(C=O)CN(O)C=O. The van der Waals surface area contributed by atoms with Crippen LogP contribution in [0.1, 0.15) is 26.7 Å². The summed E-state index contributed by atoms with van der Waals surface area (Å²) in [4.78, 5) is 20.6. The van der Waals surface area contributed by atoms with Gasteiger partial charge in [-0.25, -0.2) is 5.06 Å². The van der Waals surface area contributed by atoms with E-state index in [4.69, 9.17) is 5.21 Å². The fourth-order valence-corrected chi connectivity index (χ4v) is 1.03. The van der Waals surface area contributed by atoms with Gasteiger partial charge in [-0.3, -0.25) is 10.0 Å². The van der Waals surface area contributed by atoms with Gasteiger partial charge in [-0.15, -0.1) is 0 Å². The molecule has 0 rings (SSSR count). The number of hydroxylamine groups is 2. The van der Waals surface area contributed by atoms with Gasteiger partial charge >= 0.3 is 0 Å². The van der Waals surface area contributed by atoms with Crippen LogP contribution in [0, 0.1) is 11.8 Å².